The summed E-state index contributed by atoms with van der Waals surface area (Å²) >= 11 is 0. The van der Waals surface area contributed by atoms with Crippen LogP contribution in [-0.2, 0) is 27.2 Å². The first-order valence-corrected chi connectivity index (χ1v) is 30.1. The summed E-state index contributed by atoms with van der Waals surface area (Å²) in [7, 11) is -6.04. The molecule has 0 radical (unpaired) electrons. The van der Waals surface area contributed by atoms with E-state index in [4.69, 9.17) is 22.4 Å². The van der Waals surface area contributed by atoms with Gasteiger partial charge in [-0.15, -0.1) is 0 Å². The van der Waals surface area contributed by atoms with E-state index in [1.807, 2.05) is 0 Å². The third kappa shape index (κ3) is 24.2. The molecule has 0 aromatic rings. The van der Waals surface area contributed by atoms with Crippen LogP contribution in [0.1, 0.15) is 84.0 Å². The van der Waals surface area contributed by atoms with Crippen LogP contribution in [0, 0.1) is 0 Å². The Kier molecular flexibility index (Phi) is 19.6. The van der Waals surface area contributed by atoms with Crippen LogP contribution in [0.2, 0.25) is 78.6 Å². The van der Waals surface area contributed by atoms with Crippen molar-refractivity contribution in [1.29, 1.82) is 0 Å². The van der Waals surface area contributed by atoms with Gasteiger partial charge in [-0.05, 0) is 97.8 Å². The monoisotopic (exact) mass is 650 g/mol. The number of carbonyl (C=O) groups is 1. The maximum Gasteiger partial charge on any atom is 0.305 e. The Balaban J connectivity index is 6.16. The number of methoxy groups -OCH3 is 1. The van der Waals surface area contributed by atoms with Crippen LogP contribution in [0.25, 0.3) is 0 Å². The van der Waals surface area contributed by atoms with Crippen LogP contribution in [-0.4, -0.2) is 70.8 Å². The summed E-state index contributed by atoms with van der Waals surface area (Å²) in [4.78, 5) is 11.9. The Morgan fingerprint density at radius 3 is 1.22 bits per heavy atom. The van der Waals surface area contributed by atoms with Crippen molar-refractivity contribution >= 4 is 39.2 Å². The molecule has 0 fully saturated rings. The normalized spacial score (nSPS) is 16.3. The minimum absolute atomic E-state index is 0.0387. The molecule has 0 N–H and O–H groups in total. The summed E-state index contributed by atoms with van der Waals surface area (Å²) < 4.78 is 32.6. The number of hydrogen-bond donors (Lipinski definition) is 0. The van der Waals surface area contributed by atoms with E-state index in [0.29, 0.717) is 6.42 Å². The minimum atomic E-state index is -1.91. The molecule has 0 bridgehead atoms. The predicted molar refractivity (Wildman–Crippen MR) is 186 cm³/mol. The summed E-state index contributed by atoms with van der Waals surface area (Å²) in [6.45, 7) is 29.4. The van der Waals surface area contributed by atoms with E-state index >= 15 is 0 Å². The first-order valence-electron chi connectivity index (χ1n) is 16.4. The lowest BCUT2D eigenvalue weighted by molar-refractivity contribution is -0.140. The van der Waals surface area contributed by atoms with Crippen LogP contribution < -0.4 is 0 Å². The number of ether oxygens (including phenoxy) is 1. The van der Waals surface area contributed by atoms with Crippen LogP contribution in [0.4, 0.5) is 0 Å². The van der Waals surface area contributed by atoms with E-state index < -0.39 is 33.3 Å². The Labute approximate surface area is 259 Å². The van der Waals surface area contributed by atoms with E-state index in [2.05, 4.69) is 85.5 Å². The average Bonchev–Trinajstić information content (AvgIpc) is 2.77. The molecule has 246 valence electrons. The van der Waals surface area contributed by atoms with Gasteiger partial charge in [-0.2, -0.15) is 0 Å². The molecule has 0 amide bonds. The second kappa shape index (κ2) is 19.5. The Bertz CT molecular complexity index is 695. The summed E-state index contributed by atoms with van der Waals surface area (Å²) in [5.74, 6) is -0.169. The lowest BCUT2D eigenvalue weighted by atomic mass is 9.96. The molecule has 0 spiro atoms. The molecule has 6 nitrogen and oxygen atoms in total. The average molecular weight is 651 g/mol. The van der Waals surface area contributed by atoms with E-state index in [1.165, 1.54) is 52.1 Å². The molecule has 0 aliphatic heterocycles. The molecule has 0 aromatic carbocycles. The van der Waals surface area contributed by atoms with Crippen molar-refractivity contribution in [3.05, 3.63) is 0 Å². The smallest absolute Gasteiger partial charge is 0.305 e. The lowest BCUT2D eigenvalue weighted by Crippen LogP contribution is -2.51. The van der Waals surface area contributed by atoms with Gasteiger partial charge in [0.1, 0.15) is 0 Å². The van der Waals surface area contributed by atoms with Crippen LogP contribution in [0.15, 0.2) is 0 Å². The maximum atomic E-state index is 11.9. The molecule has 0 rings (SSSR count). The first kappa shape index (κ1) is 41.2. The molecule has 0 aliphatic carbocycles. The van der Waals surface area contributed by atoms with Crippen molar-refractivity contribution in [2.75, 3.05) is 7.11 Å². The Hall–Kier alpha value is 0.178. The number of unbranched alkanes of at least 4 members (excludes halogenated alkanes) is 6. The Morgan fingerprint density at radius 1 is 0.512 bits per heavy atom. The van der Waals surface area contributed by atoms with Gasteiger partial charge in [0.15, 0.2) is 33.3 Å². The van der Waals surface area contributed by atoms with E-state index in [0.717, 1.165) is 25.7 Å². The number of carbonyl (C=O) groups excluding carboxylic acids is 1. The highest BCUT2D eigenvalue weighted by molar-refractivity contribution is 6.71. The summed E-state index contributed by atoms with van der Waals surface area (Å²) in [5, 5.41) is 0. The topological polar surface area (TPSA) is 63.2 Å². The zero-order chi connectivity index (χ0) is 31.9. The Morgan fingerprint density at radius 2 is 0.854 bits per heavy atom. The second-order valence-corrected chi connectivity index (χ2v) is 33.5. The van der Waals surface area contributed by atoms with Gasteiger partial charge in [0, 0.05) is 12.8 Å². The zero-order valence-corrected chi connectivity index (χ0v) is 33.7. The van der Waals surface area contributed by atoms with Crippen molar-refractivity contribution in [2.45, 2.75) is 187 Å². The van der Waals surface area contributed by atoms with Gasteiger partial charge in [-0.3, -0.25) is 4.79 Å². The van der Waals surface area contributed by atoms with Crippen molar-refractivity contribution < 1.29 is 27.2 Å². The highest BCUT2D eigenvalue weighted by atomic mass is 28.4. The number of esters is 1. The van der Waals surface area contributed by atoms with Gasteiger partial charge < -0.3 is 22.4 Å². The fraction of sp³-hybridized carbons (Fsp3) is 0.968. The largest absolute Gasteiger partial charge is 0.469 e. The lowest BCUT2D eigenvalue weighted by Gasteiger charge is -2.42. The third-order valence-corrected chi connectivity index (χ3v) is 10.5. The highest BCUT2D eigenvalue weighted by Gasteiger charge is 2.39. The molecule has 41 heavy (non-hydrogen) atoms. The number of hydrogen-bond acceptors (Lipinski definition) is 6. The van der Waals surface area contributed by atoms with E-state index in [9.17, 15) is 4.79 Å². The molecular formula is C31H70O6Si4. The van der Waals surface area contributed by atoms with E-state index in [1.54, 1.807) is 0 Å². The molecule has 4 unspecified atom stereocenters. The summed E-state index contributed by atoms with van der Waals surface area (Å²) in [6, 6.07) is 0. The van der Waals surface area contributed by atoms with Gasteiger partial charge in [-0.25, -0.2) is 0 Å². The van der Waals surface area contributed by atoms with Crippen LogP contribution in [0.3, 0.4) is 0 Å². The van der Waals surface area contributed by atoms with Crippen molar-refractivity contribution in [1.82, 2.24) is 0 Å². The highest BCUT2D eigenvalue weighted by Crippen LogP contribution is 2.30. The standard InChI is InChI=1S/C31H70O6Si4/c1-15-16-17-18-19-20-21-23-27(34-38(3,4)5)29(36-40(9,10)11)26-30(37-41(12,13)14)28(35-39(6,7)8)24-22-25-31(32)33-2/h27-30H,15-26H2,1-14H3. The van der Waals surface area contributed by atoms with Gasteiger partial charge >= 0.3 is 5.97 Å². The van der Waals surface area contributed by atoms with Crippen LogP contribution in [0.5, 0.6) is 0 Å². The van der Waals surface area contributed by atoms with E-state index in [-0.39, 0.29) is 30.4 Å². The molecule has 0 aromatic heterocycles. The first-order chi connectivity index (χ1) is 18.7. The maximum absolute atomic E-state index is 11.9. The van der Waals surface area contributed by atoms with Gasteiger partial charge in [0.2, 0.25) is 0 Å². The number of rotatable bonds is 24. The zero-order valence-electron chi connectivity index (χ0n) is 29.7. The van der Waals surface area contributed by atoms with Crippen molar-refractivity contribution in [2.24, 2.45) is 0 Å². The van der Waals surface area contributed by atoms with Gasteiger partial charge in [0.05, 0.1) is 31.5 Å². The quantitative estimate of drug-likeness (QED) is 0.0589. The molecule has 4 atom stereocenters. The summed E-state index contributed by atoms with van der Waals surface area (Å²) in [6.07, 6.45) is 12.5. The molecule has 0 saturated heterocycles. The molecule has 0 heterocycles. The molecule has 0 saturated carbocycles. The SMILES string of the molecule is CCCCCCCCCC(O[Si](C)(C)C)C(CC(O[Si](C)(C)C)C(CCCC(=O)OC)O[Si](C)(C)C)O[Si](C)(C)C. The molecule has 0 aliphatic rings. The van der Waals surface area contributed by atoms with Gasteiger partial charge in [0.25, 0.3) is 0 Å². The fourth-order valence-electron chi connectivity index (χ4n) is 5.09. The van der Waals surface area contributed by atoms with Crippen LogP contribution >= 0.6 is 0 Å². The fourth-order valence-corrected chi connectivity index (χ4v) is 9.76. The predicted octanol–water partition coefficient (Wildman–Crippen LogP) is 9.74. The summed E-state index contributed by atoms with van der Waals surface area (Å²) in [5.41, 5.74) is 0. The van der Waals surface area contributed by atoms with Crippen molar-refractivity contribution in [3.63, 3.8) is 0 Å². The molecule has 10 heteroatoms. The second-order valence-electron chi connectivity index (χ2n) is 15.7. The van der Waals surface area contributed by atoms with Gasteiger partial charge in [-0.1, -0.05) is 51.9 Å². The third-order valence-electron chi connectivity index (χ3n) is 6.50. The minimum Gasteiger partial charge on any atom is -0.469 e. The van der Waals surface area contributed by atoms with Crippen molar-refractivity contribution in [3.8, 4) is 0 Å². The molecular weight excluding hydrogens is 581 g/mol.